The summed E-state index contributed by atoms with van der Waals surface area (Å²) in [7, 11) is 0. The quantitative estimate of drug-likeness (QED) is 0.807. The summed E-state index contributed by atoms with van der Waals surface area (Å²) in [6.45, 7) is 8.68. The monoisotopic (exact) mass is 414 g/mol. The molecule has 1 aromatic carbocycles. The lowest BCUT2D eigenvalue weighted by atomic mass is 9.97. The number of halogens is 1. The van der Waals surface area contributed by atoms with E-state index in [1.54, 1.807) is 0 Å². The second-order valence-corrected chi connectivity index (χ2v) is 9.38. The first-order valence-electron chi connectivity index (χ1n) is 10.8. The second-order valence-electron chi connectivity index (χ2n) is 8.95. The van der Waals surface area contributed by atoms with Crippen LogP contribution < -0.4 is 10.5 Å². The Balaban J connectivity index is 1.34. The van der Waals surface area contributed by atoms with Crippen LogP contribution in [0.4, 0.5) is 5.69 Å². The average Bonchev–Trinajstić information content (AvgIpc) is 2.69. The lowest BCUT2D eigenvalue weighted by Crippen LogP contribution is -2.59. The molecule has 0 radical (unpaired) electrons. The SMILES string of the molecule is CC1(C)CN(c2ccc(Cl)cc2)CCN1CCCc1nc2c(c(=O)[nH]1)CCCC2. The number of nitrogens with one attached hydrogen (secondary N) is 1. The Morgan fingerprint density at radius 2 is 1.90 bits per heavy atom. The zero-order valence-corrected chi connectivity index (χ0v) is 18.3. The molecule has 5 nitrogen and oxygen atoms in total. The molecular weight excluding hydrogens is 384 g/mol. The number of rotatable bonds is 5. The number of aromatic nitrogens is 2. The van der Waals surface area contributed by atoms with Crippen LogP contribution >= 0.6 is 11.6 Å². The number of hydrogen-bond acceptors (Lipinski definition) is 4. The van der Waals surface area contributed by atoms with Crippen LogP contribution in [0.2, 0.25) is 5.02 Å². The first-order valence-corrected chi connectivity index (χ1v) is 11.2. The maximum atomic E-state index is 12.3. The summed E-state index contributed by atoms with van der Waals surface area (Å²) >= 11 is 6.03. The summed E-state index contributed by atoms with van der Waals surface area (Å²) in [5.74, 6) is 0.855. The van der Waals surface area contributed by atoms with Gasteiger partial charge < -0.3 is 9.88 Å². The van der Waals surface area contributed by atoms with Crippen LogP contribution in [0.15, 0.2) is 29.1 Å². The van der Waals surface area contributed by atoms with Crippen LogP contribution in [0.25, 0.3) is 0 Å². The molecule has 2 heterocycles. The predicted octanol–water partition coefficient (Wildman–Crippen LogP) is 3.84. The van der Waals surface area contributed by atoms with Crippen molar-refractivity contribution in [3.05, 3.63) is 56.7 Å². The highest BCUT2D eigenvalue weighted by atomic mass is 35.5. The Bertz CT molecular complexity index is 906. The molecule has 156 valence electrons. The van der Waals surface area contributed by atoms with Crippen LogP contribution in [0, 0.1) is 0 Å². The van der Waals surface area contributed by atoms with Gasteiger partial charge in [-0.05, 0) is 76.8 Å². The molecule has 2 aromatic rings. The molecule has 0 spiro atoms. The van der Waals surface area contributed by atoms with Crippen LogP contribution in [-0.4, -0.2) is 46.6 Å². The van der Waals surface area contributed by atoms with Crippen molar-refractivity contribution >= 4 is 17.3 Å². The lowest BCUT2D eigenvalue weighted by molar-refractivity contribution is 0.103. The number of piperazine rings is 1. The first kappa shape index (κ1) is 20.4. The third-order valence-electron chi connectivity index (χ3n) is 6.35. The summed E-state index contributed by atoms with van der Waals surface area (Å²) in [4.78, 5) is 25.1. The molecule has 0 atom stereocenters. The minimum absolute atomic E-state index is 0.0848. The third kappa shape index (κ3) is 4.67. The van der Waals surface area contributed by atoms with E-state index in [-0.39, 0.29) is 11.1 Å². The molecule has 1 aliphatic carbocycles. The van der Waals surface area contributed by atoms with Crippen molar-refractivity contribution in [2.45, 2.75) is 57.9 Å². The molecule has 1 aliphatic heterocycles. The van der Waals surface area contributed by atoms with Gasteiger partial charge in [0.25, 0.3) is 5.56 Å². The number of aryl methyl sites for hydroxylation is 2. The standard InChI is InChI=1S/C23H31ClN4O/c1-23(2)16-27(18-11-9-17(24)10-12-18)14-15-28(23)13-5-8-21-25-20-7-4-3-6-19(20)22(29)26-21/h9-12H,3-8,13-16H2,1-2H3,(H,25,26,29). The summed E-state index contributed by atoms with van der Waals surface area (Å²) in [6, 6.07) is 8.13. The van der Waals surface area contributed by atoms with E-state index in [9.17, 15) is 4.79 Å². The third-order valence-corrected chi connectivity index (χ3v) is 6.60. The van der Waals surface area contributed by atoms with E-state index in [4.69, 9.17) is 16.6 Å². The van der Waals surface area contributed by atoms with Crippen molar-refractivity contribution < 1.29 is 0 Å². The largest absolute Gasteiger partial charge is 0.368 e. The highest BCUT2D eigenvalue weighted by Gasteiger charge is 2.33. The van der Waals surface area contributed by atoms with Crippen LogP contribution in [0.1, 0.15) is 50.2 Å². The fraction of sp³-hybridized carbons (Fsp3) is 0.565. The van der Waals surface area contributed by atoms with E-state index < -0.39 is 0 Å². The molecule has 0 unspecified atom stereocenters. The Labute approximate surface area is 178 Å². The Morgan fingerprint density at radius 3 is 2.66 bits per heavy atom. The van der Waals surface area contributed by atoms with E-state index in [0.717, 1.165) is 86.8 Å². The van der Waals surface area contributed by atoms with Gasteiger partial charge >= 0.3 is 0 Å². The molecule has 0 saturated carbocycles. The minimum Gasteiger partial charge on any atom is -0.368 e. The van der Waals surface area contributed by atoms with Gasteiger partial charge in [0.2, 0.25) is 0 Å². The summed E-state index contributed by atoms with van der Waals surface area (Å²) in [6.07, 6.45) is 5.92. The Hall–Kier alpha value is -1.85. The van der Waals surface area contributed by atoms with Crippen molar-refractivity contribution in [3.63, 3.8) is 0 Å². The van der Waals surface area contributed by atoms with Crippen molar-refractivity contribution in [2.75, 3.05) is 31.1 Å². The first-order chi connectivity index (χ1) is 13.9. The van der Waals surface area contributed by atoms with E-state index in [1.165, 1.54) is 5.69 Å². The predicted molar refractivity (Wildman–Crippen MR) is 119 cm³/mol. The molecule has 1 N–H and O–H groups in total. The van der Waals surface area contributed by atoms with Gasteiger partial charge in [0, 0.05) is 47.9 Å². The molecule has 0 amide bonds. The van der Waals surface area contributed by atoms with Gasteiger partial charge in [-0.3, -0.25) is 9.69 Å². The van der Waals surface area contributed by atoms with Crippen LogP contribution in [0.5, 0.6) is 0 Å². The van der Waals surface area contributed by atoms with Gasteiger partial charge in [-0.1, -0.05) is 11.6 Å². The number of hydrogen-bond donors (Lipinski definition) is 1. The van der Waals surface area contributed by atoms with E-state index in [0.29, 0.717) is 0 Å². The molecule has 0 bridgehead atoms. The molecule has 1 aromatic heterocycles. The number of aromatic amines is 1. The Morgan fingerprint density at radius 1 is 1.14 bits per heavy atom. The van der Waals surface area contributed by atoms with Crippen LogP contribution in [0.3, 0.4) is 0 Å². The second kappa shape index (κ2) is 8.49. The van der Waals surface area contributed by atoms with E-state index >= 15 is 0 Å². The van der Waals surface area contributed by atoms with Crippen molar-refractivity contribution in [2.24, 2.45) is 0 Å². The smallest absolute Gasteiger partial charge is 0.254 e. The maximum Gasteiger partial charge on any atom is 0.254 e. The Kier molecular flexibility index (Phi) is 5.98. The zero-order chi connectivity index (χ0) is 20.4. The highest BCUT2D eigenvalue weighted by molar-refractivity contribution is 6.30. The number of benzene rings is 1. The number of anilines is 1. The van der Waals surface area contributed by atoms with E-state index in [1.807, 2.05) is 12.1 Å². The minimum atomic E-state index is 0.0848. The van der Waals surface area contributed by atoms with Gasteiger partial charge in [-0.2, -0.15) is 0 Å². The normalized spacial score (nSPS) is 19.2. The van der Waals surface area contributed by atoms with Gasteiger partial charge in [0.1, 0.15) is 5.82 Å². The van der Waals surface area contributed by atoms with E-state index in [2.05, 4.69) is 40.8 Å². The van der Waals surface area contributed by atoms with Gasteiger partial charge in [-0.25, -0.2) is 4.98 Å². The molecule has 1 saturated heterocycles. The maximum absolute atomic E-state index is 12.3. The molecular formula is C23H31ClN4O. The summed E-state index contributed by atoms with van der Waals surface area (Å²) < 4.78 is 0. The molecule has 6 heteroatoms. The van der Waals surface area contributed by atoms with Crippen molar-refractivity contribution in [1.29, 1.82) is 0 Å². The highest BCUT2D eigenvalue weighted by Crippen LogP contribution is 2.27. The summed E-state index contributed by atoms with van der Waals surface area (Å²) in [5.41, 5.74) is 3.36. The van der Waals surface area contributed by atoms with Gasteiger partial charge in [-0.15, -0.1) is 0 Å². The molecule has 4 rings (SSSR count). The number of H-pyrrole nitrogens is 1. The number of fused-ring (bicyclic) bond motifs is 1. The molecule has 1 fully saturated rings. The molecule has 2 aliphatic rings. The average molecular weight is 415 g/mol. The number of nitrogens with zero attached hydrogens (tertiary/aromatic N) is 3. The zero-order valence-electron chi connectivity index (χ0n) is 17.5. The van der Waals surface area contributed by atoms with Crippen LogP contribution in [-0.2, 0) is 19.3 Å². The fourth-order valence-electron chi connectivity index (χ4n) is 4.69. The van der Waals surface area contributed by atoms with Crippen molar-refractivity contribution in [1.82, 2.24) is 14.9 Å². The van der Waals surface area contributed by atoms with Gasteiger partial charge in [0.15, 0.2) is 0 Å². The van der Waals surface area contributed by atoms with Crippen molar-refractivity contribution in [3.8, 4) is 0 Å². The van der Waals surface area contributed by atoms with Gasteiger partial charge in [0.05, 0.1) is 5.69 Å². The fourth-order valence-corrected chi connectivity index (χ4v) is 4.81. The lowest BCUT2D eigenvalue weighted by Gasteiger charge is -2.48. The summed E-state index contributed by atoms with van der Waals surface area (Å²) in [5, 5.41) is 0.778. The topological polar surface area (TPSA) is 52.2 Å². The molecule has 29 heavy (non-hydrogen) atoms.